The standard InChI is InChI=1S/C14H22N2O.C2H6/c1-3-5-9-13(17)10-7-8-11-14(15)16-12-6-4-2;1-2/h3,5,8-11,17H,1,4,6-7,12H2,2H3,(H2,15,16);1-2H3/b9-5-,11-8+,13-10+;. The Balaban J connectivity index is 0. The molecule has 0 heterocycles. The SMILES string of the molecule is C=C/C=C\C(O)=C/C/C=C/C(N)=NCCCC.CC. The lowest BCUT2D eigenvalue weighted by molar-refractivity contribution is 0.430. The number of aliphatic hydroxyl groups excluding tert-OH is 1. The van der Waals surface area contributed by atoms with Gasteiger partial charge in [-0.15, -0.1) is 0 Å². The van der Waals surface area contributed by atoms with Crippen molar-refractivity contribution in [1.29, 1.82) is 0 Å². The third-order valence-electron chi connectivity index (χ3n) is 1.96. The second-order valence-corrected chi connectivity index (χ2v) is 3.52. The van der Waals surface area contributed by atoms with E-state index >= 15 is 0 Å². The average Bonchev–Trinajstić information content (AvgIpc) is 2.44. The summed E-state index contributed by atoms with van der Waals surface area (Å²) in [5, 5.41) is 9.35. The van der Waals surface area contributed by atoms with Crippen LogP contribution in [-0.2, 0) is 0 Å². The first-order valence-corrected chi connectivity index (χ1v) is 6.85. The summed E-state index contributed by atoms with van der Waals surface area (Å²) in [5.74, 6) is 0.754. The van der Waals surface area contributed by atoms with Gasteiger partial charge in [0.05, 0.1) is 0 Å². The molecule has 0 bridgehead atoms. The van der Waals surface area contributed by atoms with Crippen LogP contribution in [0.15, 0.2) is 53.8 Å². The lowest BCUT2D eigenvalue weighted by Crippen LogP contribution is -2.08. The molecule has 0 aliphatic rings. The Morgan fingerprint density at radius 3 is 2.58 bits per heavy atom. The first-order valence-electron chi connectivity index (χ1n) is 6.85. The van der Waals surface area contributed by atoms with E-state index in [0.717, 1.165) is 19.4 Å². The molecule has 19 heavy (non-hydrogen) atoms. The second kappa shape index (κ2) is 16.2. The van der Waals surface area contributed by atoms with Gasteiger partial charge in [0, 0.05) is 6.54 Å². The molecule has 3 nitrogen and oxygen atoms in total. The Morgan fingerprint density at radius 1 is 1.32 bits per heavy atom. The van der Waals surface area contributed by atoms with Crippen molar-refractivity contribution in [3.63, 3.8) is 0 Å². The molecule has 3 N–H and O–H groups in total. The highest BCUT2D eigenvalue weighted by Gasteiger charge is 1.85. The molecule has 0 unspecified atom stereocenters. The molecule has 0 saturated carbocycles. The third kappa shape index (κ3) is 16.2. The summed E-state index contributed by atoms with van der Waals surface area (Å²) < 4.78 is 0. The Morgan fingerprint density at radius 2 is 2.00 bits per heavy atom. The van der Waals surface area contributed by atoms with Gasteiger partial charge in [0.1, 0.15) is 11.6 Å². The number of rotatable bonds is 8. The monoisotopic (exact) mass is 264 g/mol. The number of unbranched alkanes of at least 4 members (excludes halogenated alkanes) is 1. The van der Waals surface area contributed by atoms with Gasteiger partial charge in [-0.2, -0.15) is 0 Å². The smallest absolute Gasteiger partial charge is 0.117 e. The molecular formula is C16H28N2O. The molecule has 0 aromatic heterocycles. The minimum absolute atomic E-state index is 0.219. The summed E-state index contributed by atoms with van der Waals surface area (Å²) >= 11 is 0. The average molecular weight is 264 g/mol. The number of amidine groups is 1. The van der Waals surface area contributed by atoms with Gasteiger partial charge >= 0.3 is 0 Å². The topological polar surface area (TPSA) is 58.6 Å². The Bertz CT molecular complexity index is 326. The van der Waals surface area contributed by atoms with Crippen molar-refractivity contribution in [3.05, 3.63) is 48.8 Å². The third-order valence-corrected chi connectivity index (χ3v) is 1.96. The summed E-state index contributed by atoms with van der Waals surface area (Å²) in [6.45, 7) is 10.4. The van der Waals surface area contributed by atoms with Gasteiger partial charge < -0.3 is 10.8 Å². The van der Waals surface area contributed by atoms with Gasteiger partial charge in [-0.05, 0) is 31.1 Å². The number of allylic oxidation sites excluding steroid dienone is 5. The van der Waals surface area contributed by atoms with E-state index in [1.165, 1.54) is 0 Å². The summed E-state index contributed by atoms with van der Waals surface area (Å²) in [7, 11) is 0. The van der Waals surface area contributed by atoms with Crippen LogP contribution in [0.5, 0.6) is 0 Å². The van der Waals surface area contributed by atoms with Crippen LogP contribution in [0, 0.1) is 0 Å². The maximum Gasteiger partial charge on any atom is 0.117 e. The fourth-order valence-corrected chi connectivity index (χ4v) is 1.03. The molecule has 0 spiro atoms. The number of aliphatic imine (C=N–C) groups is 1. The van der Waals surface area contributed by atoms with Gasteiger partial charge in [-0.3, -0.25) is 4.99 Å². The fourth-order valence-electron chi connectivity index (χ4n) is 1.03. The fraction of sp³-hybridized carbons (Fsp3) is 0.438. The van der Waals surface area contributed by atoms with Gasteiger partial charge in [0.2, 0.25) is 0 Å². The highest BCUT2D eigenvalue weighted by molar-refractivity contribution is 5.91. The zero-order valence-electron chi connectivity index (χ0n) is 12.5. The molecule has 3 heteroatoms. The van der Waals surface area contributed by atoms with Crippen molar-refractivity contribution in [1.82, 2.24) is 0 Å². The molecule has 0 saturated heterocycles. The largest absolute Gasteiger partial charge is 0.508 e. The lowest BCUT2D eigenvalue weighted by Gasteiger charge is -1.93. The Hall–Kier alpha value is -1.77. The molecule has 0 atom stereocenters. The molecule has 108 valence electrons. The number of hydrogen-bond acceptors (Lipinski definition) is 2. The normalized spacial score (nSPS) is 12.6. The van der Waals surface area contributed by atoms with Crippen LogP contribution in [0.1, 0.15) is 40.0 Å². The lowest BCUT2D eigenvalue weighted by atomic mass is 10.3. The number of hydrogen-bond donors (Lipinski definition) is 2. The van der Waals surface area contributed by atoms with Gasteiger partial charge in [0.15, 0.2) is 0 Å². The van der Waals surface area contributed by atoms with E-state index in [9.17, 15) is 5.11 Å². The van der Waals surface area contributed by atoms with Crippen molar-refractivity contribution in [2.75, 3.05) is 6.54 Å². The molecule has 0 fully saturated rings. The zero-order chi connectivity index (χ0) is 14.9. The summed E-state index contributed by atoms with van der Waals surface area (Å²) in [6, 6.07) is 0. The predicted molar refractivity (Wildman–Crippen MR) is 86.6 cm³/mol. The van der Waals surface area contributed by atoms with Gasteiger partial charge in [0.25, 0.3) is 0 Å². The Labute approximate surface area is 117 Å². The van der Waals surface area contributed by atoms with Crippen molar-refractivity contribution >= 4 is 5.84 Å². The van der Waals surface area contributed by atoms with Crippen LogP contribution in [0.2, 0.25) is 0 Å². The quantitative estimate of drug-likeness (QED) is 0.226. The number of nitrogens with two attached hydrogens (primary N) is 1. The van der Waals surface area contributed by atoms with E-state index in [1.807, 2.05) is 19.9 Å². The van der Waals surface area contributed by atoms with Crippen molar-refractivity contribution in [2.24, 2.45) is 10.7 Å². The van der Waals surface area contributed by atoms with Crippen LogP contribution < -0.4 is 5.73 Å². The highest BCUT2D eigenvalue weighted by Crippen LogP contribution is 1.96. The summed E-state index contributed by atoms with van der Waals surface area (Å²) in [5.41, 5.74) is 5.66. The molecule has 0 aromatic rings. The van der Waals surface area contributed by atoms with Crippen LogP contribution in [0.3, 0.4) is 0 Å². The van der Waals surface area contributed by atoms with Crippen LogP contribution in [0.4, 0.5) is 0 Å². The second-order valence-electron chi connectivity index (χ2n) is 3.52. The minimum Gasteiger partial charge on any atom is -0.508 e. The first kappa shape index (κ1) is 19.6. The maximum atomic E-state index is 9.35. The molecule has 0 aromatic carbocycles. The van der Waals surface area contributed by atoms with Crippen molar-refractivity contribution in [3.8, 4) is 0 Å². The van der Waals surface area contributed by atoms with Crippen LogP contribution in [0.25, 0.3) is 0 Å². The highest BCUT2D eigenvalue weighted by atomic mass is 16.3. The van der Waals surface area contributed by atoms with Crippen LogP contribution >= 0.6 is 0 Å². The molecule has 0 radical (unpaired) electrons. The van der Waals surface area contributed by atoms with Gasteiger partial charge in [-0.1, -0.05) is 52.0 Å². The van der Waals surface area contributed by atoms with E-state index in [2.05, 4.69) is 18.5 Å². The first-order chi connectivity index (χ1) is 9.20. The molecule has 0 aliphatic heterocycles. The molecule has 0 rings (SSSR count). The maximum absolute atomic E-state index is 9.35. The van der Waals surface area contributed by atoms with Crippen LogP contribution in [-0.4, -0.2) is 17.5 Å². The predicted octanol–water partition coefficient (Wildman–Crippen LogP) is 4.30. The zero-order valence-corrected chi connectivity index (χ0v) is 12.5. The number of nitrogens with zero attached hydrogens (tertiary/aromatic N) is 1. The number of aliphatic hydroxyl groups is 1. The van der Waals surface area contributed by atoms with Crippen molar-refractivity contribution < 1.29 is 5.11 Å². The molecule has 0 aliphatic carbocycles. The van der Waals surface area contributed by atoms with E-state index < -0.39 is 0 Å². The molecular weight excluding hydrogens is 236 g/mol. The van der Waals surface area contributed by atoms with E-state index in [4.69, 9.17) is 5.73 Å². The van der Waals surface area contributed by atoms with Gasteiger partial charge in [-0.25, -0.2) is 0 Å². The van der Waals surface area contributed by atoms with Crippen molar-refractivity contribution in [2.45, 2.75) is 40.0 Å². The van der Waals surface area contributed by atoms with E-state index in [-0.39, 0.29) is 5.76 Å². The summed E-state index contributed by atoms with van der Waals surface area (Å²) in [4.78, 5) is 4.18. The summed E-state index contributed by atoms with van der Waals surface area (Å²) in [6.07, 6.45) is 13.0. The minimum atomic E-state index is 0.219. The molecule has 0 amide bonds. The van der Waals surface area contributed by atoms with E-state index in [1.54, 1.807) is 30.4 Å². The van der Waals surface area contributed by atoms with E-state index in [0.29, 0.717) is 12.3 Å². The Kier molecular flexibility index (Phi) is 16.7.